The number of rotatable bonds is 9. The van der Waals surface area contributed by atoms with Crippen LogP contribution in [0.2, 0.25) is 5.02 Å². The molecule has 4 rings (SSSR count). The zero-order valence-corrected chi connectivity index (χ0v) is 20.2. The molecule has 0 aliphatic carbocycles. The molecule has 0 fully saturated rings. The summed E-state index contributed by atoms with van der Waals surface area (Å²) in [5.41, 5.74) is 0.136. The van der Waals surface area contributed by atoms with Gasteiger partial charge in [-0.25, -0.2) is 14.2 Å². The molecule has 0 unspecified atom stereocenters. The molecule has 1 atom stereocenters. The Morgan fingerprint density at radius 1 is 1.16 bits per heavy atom. The zero-order valence-electron chi connectivity index (χ0n) is 19.5. The number of aromatic nitrogens is 3. The van der Waals surface area contributed by atoms with E-state index in [4.69, 9.17) is 26.7 Å². The molecule has 1 aliphatic rings. The highest BCUT2D eigenvalue weighted by Gasteiger charge is 2.17. The van der Waals surface area contributed by atoms with Crippen LogP contribution < -0.4 is 26.7 Å². The second-order valence-corrected chi connectivity index (χ2v) is 8.55. The van der Waals surface area contributed by atoms with E-state index in [0.29, 0.717) is 34.3 Å². The number of hydrogen-bond acceptors (Lipinski definition) is 9. The van der Waals surface area contributed by atoms with Crippen molar-refractivity contribution in [3.05, 3.63) is 104 Å². The highest BCUT2D eigenvalue weighted by molar-refractivity contribution is 6.30. The topological polar surface area (TPSA) is 154 Å². The largest absolute Gasteiger partial charge is 0.460 e. The third-order valence-corrected chi connectivity index (χ3v) is 5.60. The maximum absolute atomic E-state index is 13.2. The third-order valence-electron chi connectivity index (χ3n) is 5.35. The number of hydrogen-bond donors (Lipinski definition) is 4. The summed E-state index contributed by atoms with van der Waals surface area (Å²) >= 11 is 5.97. The van der Waals surface area contributed by atoms with E-state index < -0.39 is 30.6 Å². The van der Waals surface area contributed by atoms with Crippen molar-refractivity contribution >= 4 is 23.2 Å². The average molecular weight is 523 g/mol. The molecule has 4 N–H and O–H groups in total. The molecule has 37 heavy (non-hydrogen) atoms. The van der Waals surface area contributed by atoms with E-state index in [1.165, 1.54) is 4.57 Å². The van der Waals surface area contributed by atoms with E-state index in [-0.39, 0.29) is 12.5 Å². The number of ether oxygens (including phenoxy) is 1. The van der Waals surface area contributed by atoms with Gasteiger partial charge in [0.25, 0.3) is 0 Å². The number of halogens is 1. The van der Waals surface area contributed by atoms with Gasteiger partial charge in [-0.2, -0.15) is 10.2 Å². The molecule has 2 aromatic carbocycles. The van der Waals surface area contributed by atoms with Gasteiger partial charge in [-0.3, -0.25) is 4.57 Å². The lowest BCUT2D eigenvalue weighted by Crippen LogP contribution is -2.45. The second-order valence-electron chi connectivity index (χ2n) is 8.11. The fourth-order valence-corrected chi connectivity index (χ4v) is 3.64. The van der Waals surface area contributed by atoms with Gasteiger partial charge in [0, 0.05) is 16.9 Å². The number of aliphatic hydroxyl groups excluding tert-OH is 2. The minimum Gasteiger partial charge on any atom is -0.460 e. The first kappa shape index (κ1) is 25.7. The highest BCUT2D eigenvalue weighted by Crippen LogP contribution is 2.21. The van der Waals surface area contributed by atoms with Gasteiger partial charge in [-0.1, -0.05) is 23.7 Å². The Morgan fingerprint density at radius 2 is 1.89 bits per heavy atom. The quantitative estimate of drug-likeness (QED) is 0.327. The lowest BCUT2D eigenvalue weighted by atomic mass is 10.2. The van der Waals surface area contributed by atoms with Crippen molar-refractivity contribution in [2.45, 2.75) is 19.2 Å². The van der Waals surface area contributed by atoms with Gasteiger partial charge in [0.05, 0.1) is 37.9 Å². The van der Waals surface area contributed by atoms with E-state index in [1.807, 2.05) is 6.07 Å². The molecule has 11 nitrogen and oxygen atoms in total. The van der Waals surface area contributed by atoms with Crippen molar-refractivity contribution in [2.75, 3.05) is 18.5 Å². The average Bonchev–Trinajstić information content (AvgIpc) is 2.91. The first-order chi connectivity index (χ1) is 17.9. The van der Waals surface area contributed by atoms with E-state index in [0.717, 1.165) is 10.1 Å². The number of nitrogens with one attached hydrogen (secondary N) is 2. The Labute approximate surface area is 216 Å². The van der Waals surface area contributed by atoms with Gasteiger partial charge < -0.3 is 25.6 Å². The van der Waals surface area contributed by atoms with Crippen LogP contribution in [0.4, 0.5) is 11.6 Å². The van der Waals surface area contributed by atoms with Gasteiger partial charge in [0.1, 0.15) is 17.6 Å². The van der Waals surface area contributed by atoms with E-state index >= 15 is 0 Å². The molecule has 1 aromatic heterocycles. The van der Waals surface area contributed by atoms with Crippen LogP contribution in [-0.2, 0) is 13.1 Å². The number of allylic oxidation sites excluding steroid dienone is 2. The van der Waals surface area contributed by atoms with Crippen molar-refractivity contribution in [1.82, 2.24) is 19.4 Å². The molecule has 2 heterocycles. The molecule has 0 radical (unpaired) electrons. The van der Waals surface area contributed by atoms with Crippen LogP contribution in [0.5, 0.6) is 5.75 Å². The first-order valence-electron chi connectivity index (χ1n) is 11.2. The number of anilines is 2. The minimum absolute atomic E-state index is 0.00338. The van der Waals surface area contributed by atoms with Crippen LogP contribution in [-0.4, -0.2) is 43.6 Å². The first-order valence-corrected chi connectivity index (χ1v) is 11.6. The molecular weight excluding hydrogens is 500 g/mol. The summed E-state index contributed by atoms with van der Waals surface area (Å²) in [4.78, 5) is 29.8. The summed E-state index contributed by atoms with van der Waals surface area (Å²) in [7, 11) is 0. The summed E-state index contributed by atoms with van der Waals surface area (Å²) < 4.78 is 7.84. The molecule has 0 amide bonds. The van der Waals surface area contributed by atoms with Crippen molar-refractivity contribution in [1.29, 1.82) is 5.26 Å². The van der Waals surface area contributed by atoms with Gasteiger partial charge in [0.2, 0.25) is 5.95 Å². The minimum atomic E-state index is -1.29. The second kappa shape index (κ2) is 11.6. The van der Waals surface area contributed by atoms with Gasteiger partial charge in [0.15, 0.2) is 0 Å². The summed E-state index contributed by atoms with van der Waals surface area (Å²) in [6.07, 6.45) is 1.95. The Balaban J connectivity index is 1.62. The molecule has 1 aliphatic heterocycles. The number of nitriles is 1. The zero-order chi connectivity index (χ0) is 26.4. The van der Waals surface area contributed by atoms with Crippen LogP contribution in [0.15, 0.2) is 81.7 Å². The molecular formula is C25H23ClN6O5. The molecule has 0 saturated carbocycles. The van der Waals surface area contributed by atoms with Crippen LogP contribution in [0.1, 0.15) is 5.56 Å². The van der Waals surface area contributed by atoms with Crippen LogP contribution >= 0.6 is 11.6 Å². The van der Waals surface area contributed by atoms with Crippen LogP contribution in [0.3, 0.4) is 0 Å². The van der Waals surface area contributed by atoms with Crippen molar-refractivity contribution in [3.63, 3.8) is 0 Å². The number of aliphatic hydroxyl groups is 2. The third kappa shape index (κ3) is 6.45. The monoisotopic (exact) mass is 522 g/mol. The Hall–Kier alpha value is -4.37. The standard InChI is InChI=1S/C25H23ClN6O5/c26-18-3-1-16(2-4-18)13-31-23(30-24(35)32(25(31)36)14-20(34)15-33)29-19-5-7-21(8-6-19)37-22-9-17(10-27)11-28-12-22/h1-9,11,20,28,33-34H,12-15H2,(H,29,30,35)/t20-/m0/s1. The SMILES string of the molecule is N#CC1=CNCC(Oc2ccc(Nc3nc(=O)n(C[C@H](O)CO)c(=O)n3Cc3ccc(Cl)cc3)cc2)=C1. The number of dihydropyridines is 1. The van der Waals surface area contributed by atoms with Gasteiger partial charge in [-0.15, -0.1) is 0 Å². The Kier molecular flexibility index (Phi) is 8.05. The Bertz CT molecular complexity index is 1490. The molecule has 3 aromatic rings. The number of benzene rings is 2. The van der Waals surface area contributed by atoms with Crippen molar-refractivity contribution in [3.8, 4) is 11.8 Å². The summed E-state index contributed by atoms with van der Waals surface area (Å²) in [5, 5.41) is 34.5. The Morgan fingerprint density at radius 3 is 2.57 bits per heavy atom. The lowest BCUT2D eigenvalue weighted by molar-refractivity contribution is 0.0785. The van der Waals surface area contributed by atoms with E-state index in [1.54, 1.807) is 60.8 Å². The summed E-state index contributed by atoms with van der Waals surface area (Å²) in [5.74, 6) is 1.10. The highest BCUT2D eigenvalue weighted by atomic mass is 35.5. The maximum atomic E-state index is 13.2. The molecule has 190 valence electrons. The van der Waals surface area contributed by atoms with Crippen molar-refractivity contribution in [2.24, 2.45) is 0 Å². The summed E-state index contributed by atoms with van der Waals surface area (Å²) in [6.45, 7) is -0.509. The van der Waals surface area contributed by atoms with E-state index in [9.17, 15) is 14.7 Å². The number of nitrogens with zero attached hydrogens (tertiary/aromatic N) is 4. The lowest BCUT2D eigenvalue weighted by Gasteiger charge is -2.17. The smallest absolute Gasteiger partial charge is 0.355 e. The fraction of sp³-hybridized carbons (Fsp3) is 0.200. The maximum Gasteiger partial charge on any atom is 0.355 e. The van der Waals surface area contributed by atoms with Gasteiger partial charge in [-0.05, 0) is 48.0 Å². The molecule has 0 saturated heterocycles. The molecule has 12 heteroatoms. The fourth-order valence-electron chi connectivity index (χ4n) is 3.51. The predicted octanol–water partition coefficient (Wildman–Crippen LogP) is 1.48. The summed E-state index contributed by atoms with van der Waals surface area (Å²) in [6, 6.07) is 15.6. The van der Waals surface area contributed by atoms with Crippen LogP contribution in [0, 0.1) is 11.3 Å². The van der Waals surface area contributed by atoms with E-state index in [2.05, 4.69) is 15.6 Å². The van der Waals surface area contributed by atoms with Crippen molar-refractivity contribution < 1.29 is 14.9 Å². The normalized spacial score (nSPS) is 13.6. The van der Waals surface area contributed by atoms with Crippen LogP contribution in [0.25, 0.3) is 0 Å². The van der Waals surface area contributed by atoms with Gasteiger partial charge >= 0.3 is 11.4 Å². The molecule has 0 spiro atoms. The molecule has 0 bridgehead atoms. The predicted molar refractivity (Wildman–Crippen MR) is 137 cm³/mol.